The number of nitrogens with zero attached hydrogens (tertiary/aromatic N) is 2. The third kappa shape index (κ3) is 3.37. The Morgan fingerprint density at radius 3 is 2.46 bits per heavy atom. The van der Waals surface area contributed by atoms with Crippen LogP contribution in [0, 0.1) is 11.6 Å². The Labute approximate surface area is 149 Å². The zero-order chi connectivity index (χ0) is 18.7. The van der Waals surface area contributed by atoms with Gasteiger partial charge >= 0.3 is 5.97 Å². The maximum Gasteiger partial charge on any atom is 0.359 e. The van der Waals surface area contributed by atoms with E-state index in [1.165, 1.54) is 4.68 Å². The van der Waals surface area contributed by atoms with Crippen LogP contribution in [-0.4, -0.2) is 29.0 Å². The van der Waals surface area contributed by atoms with Gasteiger partial charge in [-0.15, -0.1) is 0 Å². The van der Waals surface area contributed by atoms with Crippen molar-refractivity contribution in [2.24, 2.45) is 0 Å². The Hall–Kier alpha value is -2.96. The molecule has 0 spiro atoms. The summed E-state index contributed by atoms with van der Waals surface area (Å²) >= 11 is 0. The summed E-state index contributed by atoms with van der Waals surface area (Å²) in [4.78, 5) is 12.1. The van der Waals surface area contributed by atoms with Crippen molar-refractivity contribution in [2.75, 3.05) is 13.2 Å². The Balaban J connectivity index is 2.03. The van der Waals surface area contributed by atoms with Gasteiger partial charge in [-0.2, -0.15) is 5.10 Å². The number of fused-ring (bicyclic) bond motifs is 1. The first-order valence-electron chi connectivity index (χ1n) is 8.28. The fourth-order valence-electron chi connectivity index (χ4n) is 2.73. The summed E-state index contributed by atoms with van der Waals surface area (Å²) in [6.07, 6.45) is 0. The molecule has 0 saturated carbocycles. The van der Waals surface area contributed by atoms with Crippen LogP contribution in [0.3, 0.4) is 0 Å². The SMILES string of the molecule is CCOC(=O)c1nn(Cc2c(F)cc(OCC)cc2F)c2ccccc12. The molecule has 26 heavy (non-hydrogen) atoms. The minimum atomic E-state index is -0.731. The second-order valence-corrected chi connectivity index (χ2v) is 5.54. The predicted molar refractivity (Wildman–Crippen MR) is 92.3 cm³/mol. The number of rotatable bonds is 6. The molecule has 3 aromatic rings. The van der Waals surface area contributed by atoms with E-state index >= 15 is 0 Å². The normalized spacial score (nSPS) is 10.9. The summed E-state index contributed by atoms with van der Waals surface area (Å²) in [6.45, 7) is 3.79. The first-order valence-corrected chi connectivity index (χ1v) is 8.28. The lowest BCUT2D eigenvalue weighted by Gasteiger charge is -2.09. The number of hydrogen-bond acceptors (Lipinski definition) is 4. The smallest absolute Gasteiger partial charge is 0.359 e. The third-order valence-electron chi connectivity index (χ3n) is 3.86. The highest BCUT2D eigenvalue weighted by Crippen LogP contribution is 2.25. The van der Waals surface area contributed by atoms with Crippen LogP contribution < -0.4 is 4.74 Å². The minimum absolute atomic E-state index is 0.120. The van der Waals surface area contributed by atoms with Crippen LogP contribution in [-0.2, 0) is 11.3 Å². The third-order valence-corrected chi connectivity index (χ3v) is 3.86. The summed E-state index contributed by atoms with van der Waals surface area (Å²) in [6, 6.07) is 9.25. The Morgan fingerprint density at radius 1 is 1.12 bits per heavy atom. The van der Waals surface area contributed by atoms with E-state index in [1.54, 1.807) is 38.1 Å². The topological polar surface area (TPSA) is 53.3 Å². The number of para-hydroxylation sites is 1. The molecule has 1 heterocycles. The van der Waals surface area contributed by atoms with Gasteiger partial charge in [-0.3, -0.25) is 4.68 Å². The molecule has 0 aliphatic carbocycles. The van der Waals surface area contributed by atoms with Crippen LogP contribution in [0.5, 0.6) is 5.75 Å². The zero-order valence-electron chi connectivity index (χ0n) is 14.5. The summed E-state index contributed by atoms with van der Waals surface area (Å²) in [5.41, 5.74) is 0.551. The van der Waals surface area contributed by atoms with Gasteiger partial charge in [0, 0.05) is 23.1 Å². The Kier molecular flexibility index (Phi) is 5.16. The van der Waals surface area contributed by atoms with Crippen molar-refractivity contribution in [3.8, 4) is 5.75 Å². The quantitative estimate of drug-likeness (QED) is 0.625. The summed E-state index contributed by atoms with van der Waals surface area (Å²) < 4.78 is 40.3. The van der Waals surface area contributed by atoms with Crippen molar-refractivity contribution in [3.05, 3.63) is 59.3 Å². The largest absolute Gasteiger partial charge is 0.494 e. The van der Waals surface area contributed by atoms with Gasteiger partial charge in [-0.1, -0.05) is 18.2 Å². The zero-order valence-corrected chi connectivity index (χ0v) is 14.5. The van der Waals surface area contributed by atoms with Crippen LogP contribution in [0.25, 0.3) is 10.9 Å². The van der Waals surface area contributed by atoms with E-state index < -0.39 is 17.6 Å². The van der Waals surface area contributed by atoms with Crippen molar-refractivity contribution in [3.63, 3.8) is 0 Å². The molecule has 0 aliphatic heterocycles. The molecule has 0 amide bonds. The number of ether oxygens (including phenoxy) is 2. The van der Waals surface area contributed by atoms with Gasteiger partial charge in [0.2, 0.25) is 0 Å². The van der Waals surface area contributed by atoms with Crippen LogP contribution in [0.2, 0.25) is 0 Å². The molecule has 2 aromatic carbocycles. The van der Waals surface area contributed by atoms with Crippen molar-refractivity contribution in [1.29, 1.82) is 0 Å². The molecule has 3 rings (SSSR count). The number of halogens is 2. The summed E-state index contributed by atoms with van der Waals surface area (Å²) in [7, 11) is 0. The second kappa shape index (κ2) is 7.51. The van der Waals surface area contributed by atoms with Gasteiger partial charge in [0.25, 0.3) is 0 Å². The van der Waals surface area contributed by atoms with Crippen molar-refractivity contribution in [1.82, 2.24) is 9.78 Å². The number of carbonyl (C=O) groups is 1. The average Bonchev–Trinajstić information content (AvgIpc) is 2.97. The maximum atomic E-state index is 14.4. The highest BCUT2D eigenvalue weighted by Gasteiger charge is 2.20. The Bertz CT molecular complexity index is 930. The molecule has 1 aromatic heterocycles. The molecule has 7 heteroatoms. The fourth-order valence-corrected chi connectivity index (χ4v) is 2.73. The lowest BCUT2D eigenvalue weighted by molar-refractivity contribution is 0.0520. The molecule has 0 aliphatic rings. The van der Waals surface area contributed by atoms with Gasteiger partial charge in [-0.05, 0) is 19.9 Å². The molecule has 0 unspecified atom stereocenters. The monoisotopic (exact) mass is 360 g/mol. The molecule has 0 fully saturated rings. The lowest BCUT2D eigenvalue weighted by Crippen LogP contribution is -2.10. The lowest BCUT2D eigenvalue weighted by atomic mass is 10.1. The molecule has 0 bridgehead atoms. The molecule has 0 N–H and O–H groups in total. The van der Waals surface area contributed by atoms with E-state index in [4.69, 9.17) is 9.47 Å². The molecular formula is C19H18F2N2O3. The van der Waals surface area contributed by atoms with Crippen molar-refractivity contribution in [2.45, 2.75) is 20.4 Å². The Morgan fingerprint density at radius 2 is 1.81 bits per heavy atom. The van der Waals surface area contributed by atoms with Crippen LogP contribution in [0.1, 0.15) is 29.9 Å². The van der Waals surface area contributed by atoms with E-state index in [0.717, 1.165) is 12.1 Å². The number of carbonyl (C=O) groups excluding carboxylic acids is 1. The van der Waals surface area contributed by atoms with E-state index in [9.17, 15) is 13.6 Å². The maximum absolute atomic E-state index is 14.4. The fraction of sp³-hybridized carbons (Fsp3) is 0.263. The van der Waals surface area contributed by atoms with E-state index in [1.807, 2.05) is 0 Å². The van der Waals surface area contributed by atoms with Gasteiger partial charge in [0.1, 0.15) is 17.4 Å². The molecule has 0 radical (unpaired) electrons. The van der Waals surface area contributed by atoms with E-state index in [0.29, 0.717) is 17.5 Å². The molecule has 0 atom stereocenters. The van der Waals surface area contributed by atoms with E-state index in [-0.39, 0.29) is 30.2 Å². The molecular weight excluding hydrogens is 342 g/mol. The van der Waals surface area contributed by atoms with Crippen molar-refractivity contribution < 1.29 is 23.0 Å². The van der Waals surface area contributed by atoms with Gasteiger partial charge in [0.05, 0.1) is 25.3 Å². The number of benzene rings is 2. The van der Waals surface area contributed by atoms with E-state index in [2.05, 4.69) is 5.10 Å². The highest BCUT2D eigenvalue weighted by molar-refractivity contribution is 6.02. The van der Waals surface area contributed by atoms with Crippen LogP contribution in [0.15, 0.2) is 36.4 Å². The predicted octanol–water partition coefficient (Wildman–Crippen LogP) is 3.94. The summed E-state index contributed by atoms with van der Waals surface area (Å²) in [5.74, 6) is -1.91. The van der Waals surface area contributed by atoms with Crippen LogP contribution in [0.4, 0.5) is 8.78 Å². The minimum Gasteiger partial charge on any atom is -0.494 e. The van der Waals surface area contributed by atoms with Crippen molar-refractivity contribution >= 4 is 16.9 Å². The molecule has 0 saturated heterocycles. The highest BCUT2D eigenvalue weighted by atomic mass is 19.1. The molecule has 5 nitrogen and oxygen atoms in total. The number of hydrogen-bond donors (Lipinski definition) is 0. The van der Waals surface area contributed by atoms with Gasteiger partial charge < -0.3 is 9.47 Å². The average molecular weight is 360 g/mol. The first-order chi connectivity index (χ1) is 12.5. The summed E-state index contributed by atoms with van der Waals surface area (Å²) in [5, 5.41) is 4.79. The van der Waals surface area contributed by atoms with Gasteiger partial charge in [0.15, 0.2) is 5.69 Å². The number of aromatic nitrogens is 2. The standard InChI is InChI=1S/C19H18F2N2O3/c1-3-25-12-9-15(20)14(16(21)10-12)11-23-17-8-6-5-7-13(17)18(22-23)19(24)26-4-2/h5-10H,3-4,11H2,1-2H3. The molecule has 136 valence electrons. The number of esters is 1. The first kappa shape index (κ1) is 17.8. The van der Waals surface area contributed by atoms with Crippen LogP contribution >= 0.6 is 0 Å². The van der Waals surface area contributed by atoms with Gasteiger partial charge in [-0.25, -0.2) is 13.6 Å². The second-order valence-electron chi connectivity index (χ2n) is 5.54.